The molecule has 4 rings (SSSR count). The third-order valence-electron chi connectivity index (χ3n) is 3.87. The number of aryl methyl sites for hydroxylation is 1. The Morgan fingerprint density at radius 2 is 1.96 bits per heavy atom. The van der Waals surface area contributed by atoms with Crippen molar-refractivity contribution in [2.75, 3.05) is 0 Å². The lowest BCUT2D eigenvalue weighted by Crippen LogP contribution is -2.08. The van der Waals surface area contributed by atoms with Gasteiger partial charge in [0.15, 0.2) is 5.65 Å². The molecule has 0 fully saturated rings. The third-order valence-corrected chi connectivity index (χ3v) is 4.40. The Labute approximate surface area is 150 Å². The van der Waals surface area contributed by atoms with Crippen molar-refractivity contribution in [3.05, 3.63) is 69.4 Å². The minimum atomic E-state index is -0.620. The second-order valence-electron chi connectivity index (χ2n) is 5.54. The van der Waals surface area contributed by atoms with Gasteiger partial charge in [-0.05, 0) is 30.7 Å². The monoisotopic (exact) mass is 397 g/mol. The number of aromatic hydroxyl groups is 1. The lowest BCUT2D eigenvalue weighted by molar-refractivity contribution is 0.437. The average molecular weight is 398 g/mol. The number of halogens is 1. The van der Waals surface area contributed by atoms with Crippen LogP contribution in [0.2, 0.25) is 0 Å². The SMILES string of the molecule is Cc1cc(O)c(-c2ccnc3c(-c4ccc(Br)cc4)cnn23)c(=O)o1. The van der Waals surface area contributed by atoms with Gasteiger partial charge in [-0.15, -0.1) is 0 Å². The molecule has 0 bridgehead atoms. The molecule has 3 heterocycles. The molecule has 4 aromatic rings. The first kappa shape index (κ1) is 15.6. The molecule has 0 aliphatic rings. The maximum atomic E-state index is 12.2. The highest BCUT2D eigenvalue weighted by atomic mass is 79.9. The van der Waals surface area contributed by atoms with Crippen molar-refractivity contribution in [3.63, 3.8) is 0 Å². The van der Waals surface area contributed by atoms with Gasteiger partial charge in [-0.25, -0.2) is 14.3 Å². The van der Waals surface area contributed by atoms with Crippen LogP contribution < -0.4 is 5.63 Å². The number of benzene rings is 1. The molecule has 0 saturated heterocycles. The van der Waals surface area contributed by atoms with Gasteiger partial charge in [-0.3, -0.25) is 0 Å². The summed E-state index contributed by atoms with van der Waals surface area (Å²) in [7, 11) is 0. The second kappa shape index (κ2) is 5.86. The van der Waals surface area contributed by atoms with Crippen LogP contribution in [0, 0.1) is 6.92 Å². The largest absolute Gasteiger partial charge is 0.507 e. The molecule has 0 spiro atoms. The fourth-order valence-corrected chi connectivity index (χ4v) is 3.01. The van der Waals surface area contributed by atoms with Crippen molar-refractivity contribution in [3.8, 4) is 28.1 Å². The van der Waals surface area contributed by atoms with Crippen LogP contribution in [-0.4, -0.2) is 19.7 Å². The van der Waals surface area contributed by atoms with E-state index in [1.165, 1.54) is 10.6 Å². The Balaban J connectivity index is 1.97. The summed E-state index contributed by atoms with van der Waals surface area (Å²) >= 11 is 3.41. The molecule has 0 aliphatic carbocycles. The predicted molar refractivity (Wildman–Crippen MR) is 96.5 cm³/mol. The van der Waals surface area contributed by atoms with Gasteiger partial charge in [-0.1, -0.05) is 28.1 Å². The Kier molecular flexibility index (Phi) is 3.65. The van der Waals surface area contributed by atoms with Crippen molar-refractivity contribution < 1.29 is 9.52 Å². The van der Waals surface area contributed by atoms with E-state index >= 15 is 0 Å². The molecule has 6 nitrogen and oxygen atoms in total. The maximum Gasteiger partial charge on any atom is 0.349 e. The zero-order chi connectivity index (χ0) is 17.6. The van der Waals surface area contributed by atoms with E-state index in [4.69, 9.17) is 4.42 Å². The van der Waals surface area contributed by atoms with Crippen molar-refractivity contribution in [2.24, 2.45) is 0 Å². The van der Waals surface area contributed by atoms with E-state index in [2.05, 4.69) is 26.0 Å². The highest BCUT2D eigenvalue weighted by Crippen LogP contribution is 2.30. The number of hydrogen-bond acceptors (Lipinski definition) is 5. The second-order valence-corrected chi connectivity index (χ2v) is 6.45. The number of fused-ring (bicyclic) bond motifs is 1. The molecule has 1 aromatic carbocycles. The molecule has 0 aliphatic heterocycles. The molecule has 7 heteroatoms. The number of aromatic nitrogens is 3. The van der Waals surface area contributed by atoms with Crippen LogP contribution >= 0.6 is 15.9 Å². The van der Waals surface area contributed by atoms with Gasteiger partial charge in [0.1, 0.15) is 17.1 Å². The van der Waals surface area contributed by atoms with Gasteiger partial charge < -0.3 is 9.52 Å². The van der Waals surface area contributed by atoms with Crippen molar-refractivity contribution in [1.82, 2.24) is 14.6 Å². The van der Waals surface area contributed by atoms with E-state index in [-0.39, 0.29) is 11.3 Å². The lowest BCUT2D eigenvalue weighted by Gasteiger charge is -2.06. The lowest BCUT2D eigenvalue weighted by atomic mass is 10.1. The molecule has 25 heavy (non-hydrogen) atoms. The van der Waals surface area contributed by atoms with Crippen molar-refractivity contribution in [2.45, 2.75) is 6.92 Å². The molecular weight excluding hydrogens is 386 g/mol. The highest BCUT2D eigenvalue weighted by Gasteiger charge is 2.18. The normalized spacial score (nSPS) is 11.1. The molecule has 3 aromatic heterocycles. The minimum absolute atomic E-state index is 0.0588. The van der Waals surface area contributed by atoms with E-state index in [1.807, 2.05) is 24.3 Å². The highest BCUT2D eigenvalue weighted by molar-refractivity contribution is 9.10. The van der Waals surface area contributed by atoms with Gasteiger partial charge in [0.25, 0.3) is 0 Å². The molecule has 1 N–H and O–H groups in total. The van der Waals surface area contributed by atoms with Crippen LogP contribution in [0.15, 0.2) is 62.5 Å². The standard InChI is InChI=1S/C18H12BrN3O3/c1-10-8-15(23)16(18(24)25-10)14-6-7-20-17-13(9-21-22(14)17)11-2-4-12(19)5-3-11/h2-9,23H,1H3. The fourth-order valence-electron chi connectivity index (χ4n) is 2.75. The molecule has 0 amide bonds. The van der Waals surface area contributed by atoms with Gasteiger partial charge in [0.05, 0.1) is 11.9 Å². The smallest absolute Gasteiger partial charge is 0.349 e. The Hall–Kier alpha value is -2.93. The minimum Gasteiger partial charge on any atom is -0.507 e. The molecule has 0 atom stereocenters. The fraction of sp³-hybridized carbons (Fsp3) is 0.0556. The Morgan fingerprint density at radius 1 is 1.20 bits per heavy atom. The van der Waals surface area contributed by atoms with E-state index in [1.54, 1.807) is 25.4 Å². The van der Waals surface area contributed by atoms with Gasteiger partial charge in [0, 0.05) is 22.3 Å². The van der Waals surface area contributed by atoms with Crippen molar-refractivity contribution >= 4 is 21.6 Å². The van der Waals surface area contributed by atoms with Gasteiger partial charge >= 0.3 is 5.63 Å². The summed E-state index contributed by atoms with van der Waals surface area (Å²) in [6, 6.07) is 10.8. The summed E-state index contributed by atoms with van der Waals surface area (Å²) in [6.07, 6.45) is 3.26. The summed E-state index contributed by atoms with van der Waals surface area (Å²) in [6.45, 7) is 1.60. The molecule has 124 valence electrons. The summed E-state index contributed by atoms with van der Waals surface area (Å²) in [5.74, 6) is 0.189. The average Bonchev–Trinajstić information content (AvgIpc) is 2.99. The van der Waals surface area contributed by atoms with Gasteiger partial charge in [0.2, 0.25) is 0 Å². The molecular formula is C18H12BrN3O3. The zero-order valence-corrected chi connectivity index (χ0v) is 14.7. The first-order chi connectivity index (χ1) is 12.0. The third kappa shape index (κ3) is 2.62. The van der Waals surface area contributed by atoms with Crippen LogP contribution in [0.25, 0.3) is 28.0 Å². The van der Waals surface area contributed by atoms with Crippen LogP contribution in [0.5, 0.6) is 5.75 Å². The van der Waals surface area contributed by atoms with Crippen LogP contribution in [-0.2, 0) is 0 Å². The zero-order valence-electron chi connectivity index (χ0n) is 13.1. The quantitative estimate of drug-likeness (QED) is 0.556. The number of nitrogens with zero attached hydrogens (tertiary/aromatic N) is 3. The van der Waals surface area contributed by atoms with E-state index in [9.17, 15) is 9.90 Å². The summed E-state index contributed by atoms with van der Waals surface area (Å²) in [4.78, 5) is 16.6. The number of hydrogen-bond donors (Lipinski definition) is 1. The van der Waals surface area contributed by atoms with Crippen molar-refractivity contribution in [1.29, 1.82) is 0 Å². The van der Waals surface area contributed by atoms with E-state index in [0.717, 1.165) is 15.6 Å². The first-order valence-electron chi connectivity index (χ1n) is 7.47. The maximum absolute atomic E-state index is 12.2. The number of rotatable bonds is 2. The van der Waals surface area contributed by atoms with Crippen LogP contribution in [0.4, 0.5) is 0 Å². The summed E-state index contributed by atoms with van der Waals surface area (Å²) in [5.41, 5.74) is 2.21. The van der Waals surface area contributed by atoms with Gasteiger partial charge in [-0.2, -0.15) is 5.10 Å². The first-order valence-corrected chi connectivity index (χ1v) is 8.26. The summed E-state index contributed by atoms with van der Waals surface area (Å²) in [5, 5.41) is 14.6. The topological polar surface area (TPSA) is 80.6 Å². The van der Waals surface area contributed by atoms with Crippen LogP contribution in [0.3, 0.4) is 0 Å². The molecule has 0 saturated carbocycles. The van der Waals surface area contributed by atoms with E-state index < -0.39 is 5.63 Å². The molecule has 0 radical (unpaired) electrons. The van der Waals surface area contributed by atoms with Crippen LogP contribution in [0.1, 0.15) is 5.76 Å². The van der Waals surface area contributed by atoms with E-state index in [0.29, 0.717) is 17.1 Å². The predicted octanol–water partition coefficient (Wildman–Crippen LogP) is 3.79. The summed E-state index contributed by atoms with van der Waals surface area (Å²) < 4.78 is 7.62. The molecule has 0 unspecified atom stereocenters. The Morgan fingerprint density at radius 3 is 2.68 bits per heavy atom. The Bertz CT molecular complexity index is 1150.